The fourth-order valence-electron chi connectivity index (χ4n) is 1.32. The van der Waals surface area contributed by atoms with Gasteiger partial charge in [-0.3, -0.25) is 4.79 Å². The highest BCUT2D eigenvalue weighted by molar-refractivity contribution is 5.98. The average molecular weight is 191 g/mol. The number of fused-ring (bicyclic) bond motifs is 1. The van der Waals surface area contributed by atoms with Crippen LogP contribution in [0, 0.1) is 5.41 Å². The number of aromatic nitrogens is 1. The average Bonchev–Trinajstić information content (AvgIpc) is 2.26. The molecule has 74 valence electrons. The van der Waals surface area contributed by atoms with E-state index in [1.165, 1.54) is 0 Å². The molecule has 14 heavy (non-hydrogen) atoms. The van der Waals surface area contributed by atoms with Gasteiger partial charge in [0.1, 0.15) is 5.82 Å². The number of hydrogen-bond acceptors (Lipinski definition) is 3. The summed E-state index contributed by atoms with van der Waals surface area (Å²) >= 11 is 0. The number of pyridine rings is 1. The van der Waals surface area contributed by atoms with E-state index in [2.05, 4.69) is 15.6 Å². The summed E-state index contributed by atoms with van der Waals surface area (Å²) in [5.41, 5.74) is 0.351. The van der Waals surface area contributed by atoms with Crippen LogP contribution in [0.2, 0.25) is 0 Å². The van der Waals surface area contributed by atoms with Crippen molar-refractivity contribution in [3.63, 3.8) is 0 Å². The fourth-order valence-corrected chi connectivity index (χ4v) is 1.32. The first-order chi connectivity index (χ1) is 6.59. The number of carbonyl (C=O) groups is 1. The molecule has 2 rings (SSSR count). The molecule has 0 saturated carbocycles. The van der Waals surface area contributed by atoms with Crippen LogP contribution in [-0.4, -0.2) is 17.4 Å². The molecule has 1 amide bonds. The van der Waals surface area contributed by atoms with Crippen molar-refractivity contribution in [3.05, 3.63) is 18.3 Å². The summed E-state index contributed by atoms with van der Waals surface area (Å²) in [4.78, 5) is 15.9. The molecular formula is C10H13N3O. The van der Waals surface area contributed by atoms with E-state index in [0.29, 0.717) is 6.54 Å². The molecule has 2 N–H and O–H groups in total. The van der Waals surface area contributed by atoms with Gasteiger partial charge in [0.2, 0.25) is 5.91 Å². The first-order valence-electron chi connectivity index (χ1n) is 4.60. The van der Waals surface area contributed by atoms with Crippen LogP contribution in [0.1, 0.15) is 13.8 Å². The van der Waals surface area contributed by atoms with Gasteiger partial charge in [-0.1, -0.05) is 0 Å². The van der Waals surface area contributed by atoms with Gasteiger partial charge in [-0.05, 0) is 26.0 Å². The highest BCUT2D eigenvalue weighted by Crippen LogP contribution is 2.27. The van der Waals surface area contributed by atoms with E-state index in [1.807, 2.05) is 19.9 Å². The zero-order valence-corrected chi connectivity index (χ0v) is 8.29. The molecule has 0 atom stereocenters. The Balaban J connectivity index is 2.38. The lowest BCUT2D eigenvalue weighted by Gasteiger charge is -2.19. The lowest BCUT2D eigenvalue weighted by molar-refractivity contribution is -0.123. The van der Waals surface area contributed by atoms with Gasteiger partial charge in [0.25, 0.3) is 0 Å². The van der Waals surface area contributed by atoms with Crippen LogP contribution >= 0.6 is 0 Å². The molecule has 0 spiro atoms. The topological polar surface area (TPSA) is 54.0 Å². The van der Waals surface area contributed by atoms with Crippen molar-refractivity contribution in [3.8, 4) is 0 Å². The monoisotopic (exact) mass is 191 g/mol. The molecule has 2 heterocycles. The standard InChI is InChI=1S/C10H13N3O/c1-10(2)6-12-8-7(13-9(10)14)4-3-5-11-8/h3-5H,6H2,1-2H3,(H,11,12)(H,13,14). The largest absolute Gasteiger partial charge is 0.367 e. The van der Waals surface area contributed by atoms with Crippen molar-refractivity contribution >= 4 is 17.4 Å². The third-order valence-corrected chi connectivity index (χ3v) is 2.37. The van der Waals surface area contributed by atoms with E-state index in [4.69, 9.17) is 0 Å². The quantitative estimate of drug-likeness (QED) is 0.653. The molecule has 1 aliphatic heterocycles. The first-order valence-corrected chi connectivity index (χ1v) is 4.60. The van der Waals surface area contributed by atoms with Gasteiger partial charge in [-0.2, -0.15) is 0 Å². The number of amides is 1. The van der Waals surface area contributed by atoms with Gasteiger partial charge < -0.3 is 10.6 Å². The Morgan fingerprint density at radius 2 is 2.29 bits per heavy atom. The Hall–Kier alpha value is -1.58. The lowest BCUT2D eigenvalue weighted by Crippen LogP contribution is -2.34. The second-order valence-corrected chi connectivity index (χ2v) is 4.09. The van der Waals surface area contributed by atoms with Crippen LogP contribution in [0.4, 0.5) is 11.5 Å². The minimum atomic E-state index is -0.402. The van der Waals surface area contributed by atoms with Gasteiger partial charge in [0.05, 0.1) is 11.1 Å². The van der Waals surface area contributed by atoms with Crippen LogP contribution in [0.15, 0.2) is 18.3 Å². The summed E-state index contributed by atoms with van der Waals surface area (Å²) in [5, 5.41) is 6.00. The number of nitrogens with one attached hydrogen (secondary N) is 2. The van der Waals surface area contributed by atoms with Gasteiger partial charge in [0.15, 0.2) is 0 Å². The number of rotatable bonds is 0. The summed E-state index contributed by atoms with van der Waals surface area (Å²) < 4.78 is 0. The molecule has 0 unspecified atom stereocenters. The third-order valence-electron chi connectivity index (χ3n) is 2.37. The minimum Gasteiger partial charge on any atom is -0.367 e. The number of anilines is 2. The van der Waals surface area contributed by atoms with E-state index < -0.39 is 5.41 Å². The van der Waals surface area contributed by atoms with E-state index in [-0.39, 0.29) is 5.91 Å². The molecule has 0 radical (unpaired) electrons. The Kier molecular flexibility index (Phi) is 1.91. The Labute approximate surface area is 82.7 Å². The molecule has 4 nitrogen and oxygen atoms in total. The second kappa shape index (κ2) is 2.97. The molecule has 0 aromatic carbocycles. The Morgan fingerprint density at radius 1 is 1.50 bits per heavy atom. The SMILES string of the molecule is CC1(C)CNc2ncccc2NC1=O. The van der Waals surface area contributed by atoms with Crippen LogP contribution in [0.3, 0.4) is 0 Å². The third kappa shape index (κ3) is 1.43. The summed E-state index contributed by atoms with van der Waals surface area (Å²) in [7, 11) is 0. The molecule has 1 aromatic heterocycles. The van der Waals surface area contributed by atoms with E-state index >= 15 is 0 Å². The summed E-state index contributed by atoms with van der Waals surface area (Å²) in [6, 6.07) is 3.65. The Bertz CT molecular complexity index is 373. The number of hydrogen-bond donors (Lipinski definition) is 2. The predicted molar refractivity (Wildman–Crippen MR) is 55.1 cm³/mol. The predicted octanol–water partition coefficient (Wildman–Crippen LogP) is 1.47. The van der Waals surface area contributed by atoms with E-state index in [1.54, 1.807) is 12.3 Å². The maximum Gasteiger partial charge on any atom is 0.231 e. The summed E-state index contributed by atoms with van der Waals surface area (Å²) in [6.45, 7) is 4.41. The van der Waals surface area contributed by atoms with Gasteiger partial charge in [-0.15, -0.1) is 0 Å². The molecule has 0 bridgehead atoms. The molecule has 0 fully saturated rings. The molecule has 1 aliphatic rings. The maximum absolute atomic E-state index is 11.7. The normalized spacial score (nSPS) is 18.9. The Morgan fingerprint density at radius 3 is 3.07 bits per heavy atom. The van der Waals surface area contributed by atoms with E-state index in [9.17, 15) is 4.79 Å². The molecule has 0 saturated heterocycles. The lowest BCUT2D eigenvalue weighted by atomic mass is 9.93. The van der Waals surface area contributed by atoms with Crippen molar-refractivity contribution in [2.75, 3.05) is 17.2 Å². The minimum absolute atomic E-state index is 0.0248. The van der Waals surface area contributed by atoms with Gasteiger partial charge in [0, 0.05) is 12.7 Å². The van der Waals surface area contributed by atoms with Crippen LogP contribution in [0.25, 0.3) is 0 Å². The van der Waals surface area contributed by atoms with Gasteiger partial charge in [-0.25, -0.2) is 4.98 Å². The number of carbonyl (C=O) groups excluding carboxylic acids is 1. The summed E-state index contributed by atoms with van der Waals surface area (Å²) in [6.07, 6.45) is 1.70. The molecule has 4 heteroatoms. The van der Waals surface area contributed by atoms with Crippen LogP contribution < -0.4 is 10.6 Å². The van der Waals surface area contributed by atoms with Crippen molar-refractivity contribution < 1.29 is 4.79 Å². The second-order valence-electron chi connectivity index (χ2n) is 4.09. The van der Waals surface area contributed by atoms with Crippen LogP contribution in [0.5, 0.6) is 0 Å². The maximum atomic E-state index is 11.7. The van der Waals surface area contributed by atoms with Gasteiger partial charge >= 0.3 is 0 Å². The van der Waals surface area contributed by atoms with Crippen molar-refractivity contribution in [2.45, 2.75) is 13.8 Å². The molecule has 1 aromatic rings. The van der Waals surface area contributed by atoms with Crippen molar-refractivity contribution in [1.82, 2.24) is 4.98 Å². The van der Waals surface area contributed by atoms with E-state index in [0.717, 1.165) is 11.5 Å². The molecular weight excluding hydrogens is 178 g/mol. The molecule has 0 aliphatic carbocycles. The van der Waals surface area contributed by atoms with Crippen molar-refractivity contribution in [2.24, 2.45) is 5.41 Å². The van der Waals surface area contributed by atoms with Crippen LogP contribution in [-0.2, 0) is 4.79 Å². The zero-order valence-electron chi connectivity index (χ0n) is 8.29. The highest BCUT2D eigenvalue weighted by Gasteiger charge is 2.30. The number of nitrogens with zero attached hydrogens (tertiary/aromatic N) is 1. The fraction of sp³-hybridized carbons (Fsp3) is 0.400. The summed E-state index contributed by atoms with van der Waals surface area (Å²) in [5.74, 6) is 0.767. The first kappa shape index (κ1) is 8.99. The highest BCUT2D eigenvalue weighted by atomic mass is 16.2. The smallest absolute Gasteiger partial charge is 0.231 e. The zero-order chi connectivity index (χ0) is 10.2. The van der Waals surface area contributed by atoms with Crippen molar-refractivity contribution in [1.29, 1.82) is 0 Å².